The van der Waals surface area contributed by atoms with Crippen molar-refractivity contribution in [1.29, 1.82) is 0 Å². The van der Waals surface area contributed by atoms with Crippen LogP contribution in [-0.4, -0.2) is 28.6 Å². The molecule has 2 rings (SSSR count). The summed E-state index contributed by atoms with van der Waals surface area (Å²) in [5.74, 6) is -0.0720. The predicted molar refractivity (Wildman–Crippen MR) is 83.0 cm³/mol. The van der Waals surface area contributed by atoms with Crippen LogP contribution in [0.3, 0.4) is 0 Å². The highest BCUT2D eigenvalue weighted by Gasteiger charge is 2.31. The largest absolute Gasteiger partial charge is 0.477 e. The standard InChI is InChI=1S/C15H24N2O2S/c1-5-10(4)12-13(14(18)19)20-15(16-12)17-8-6-7-11(17)9(2)3/h9-11H,5-8H2,1-4H3,(H,18,19). The van der Waals surface area contributed by atoms with Crippen LogP contribution in [0.15, 0.2) is 0 Å². The molecule has 1 aliphatic rings. The van der Waals surface area contributed by atoms with E-state index in [9.17, 15) is 9.90 Å². The molecule has 0 radical (unpaired) electrons. The number of thiazole rings is 1. The molecule has 0 aliphatic carbocycles. The number of carboxylic acid groups (broad SMARTS) is 1. The molecule has 2 heterocycles. The van der Waals surface area contributed by atoms with Crippen molar-refractivity contribution in [2.75, 3.05) is 11.4 Å². The lowest BCUT2D eigenvalue weighted by molar-refractivity contribution is 0.0700. The average molecular weight is 296 g/mol. The molecular formula is C15H24N2O2S. The van der Waals surface area contributed by atoms with Crippen molar-refractivity contribution in [3.05, 3.63) is 10.6 Å². The van der Waals surface area contributed by atoms with E-state index >= 15 is 0 Å². The normalized spacial score (nSPS) is 20.6. The fourth-order valence-electron chi connectivity index (χ4n) is 2.85. The zero-order chi connectivity index (χ0) is 14.9. The quantitative estimate of drug-likeness (QED) is 0.893. The Morgan fingerprint density at radius 2 is 2.20 bits per heavy atom. The minimum Gasteiger partial charge on any atom is -0.477 e. The van der Waals surface area contributed by atoms with Gasteiger partial charge in [-0.25, -0.2) is 9.78 Å². The van der Waals surface area contributed by atoms with Gasteiger partial charge in [0.1, 0.15) is 4.88 Å². The van der Waals surface area contributed by atoms with Crippen LogP contribution >= 0.6 is 11.3 Å². The van der Waals surface area contributed by atoms with E-state index in [1.54, 1.807) is 0 Å². The number of carbonyl (C=O) groups is 1. The van der Waals surface area contributed by atoms with Gasteiger partial charge in [0.2, 0.25) is 0 Å². The summed E-state index contributed by atoms with van der Waals surface area (Å²) >= 11 is 1.34. The van der Waals surface area contributed by atoms with Gasteiger partial charge in [0.25, 0.3) is 0 Å². The maximum atomic E-state index is 11.4. The molecule has 2 atom stereocenters. The van der Waals surface area contributed by atoms with Crippen LogP contribution in [-0.2, 0) is 0 Å². The van der Waals surface area contributed by atoms with Crippen molar-refractivity contribution in [1.82, 2.24) is 4.98 Å². The van der Waals surface area contributed by atoms with Crippen LogP contribution in [0.5, 0.6) is 0 Å². The van der Waals surface area contributed by atoms with Gasteiger partial charge in [0, 0.05) is 12.6 Å². The Morgan fingerprint density at radius 3 is 2.75 bits per heavy atom. The summed E-state index contributed by atoms with van der Waals surface area (Å²) in [5, 5.41) is 10.3. The second-order valence-electron chi connectivity index (χ2n) is 5.97. The summed E-state index contributed by atoms with van der Waals surface area (Å²) in [6.45, 7) is 9.57. The van der Waals surface area contributed by atoms with Gasteiger partial charge in [-0.1, -0.05) is 39.0 Å². The zero-order valence-electron chi connectivity index (χ0n) is 12.7. The Kier molecular flexibility index (Phi) is 4.68. The van der Waals surface area contributed by atoms with Crippen LogP contribution in [0.4, 0.5) is 5.13 Å². The molecular weight excluding hydrogens is 272 g/mol. The number of aromatic nitrogens is 1. The van der Waals surface area contributed by atoms with Crippen molar-refractivity contribution in [2.45, 2.75) is 58.9 Å². The van der Waals surface area contributed by atoms with Gasteiger partial charge in [0.15, 0.2) is 5.13 Å². The molecule has 5 heteroatoms. The summed E-state index contributed by atoms with van der Waals surface area (Å²) in [7, 11) is 0. The molecule has 1 fully saturated rings. The minimum absolute atomic E-state index is 0.200. The molecule has 0 aromatic carbocycles. The number of hydrogen-bond acceptors (Lipinski definition) is 4. The summed E-state index contributed by atoms with van der Waals surface area (Å²) in [4.78, 5) is 18.9. The smallest absolute Gasteiger partial charge is 0.347 e. The van der Waals surface area contributed by atoms with Crippen molar-refractivity contribution in [3.63, 3.8) is 0 Å². The minimum atomic E-state index is -0.843. The first-order valence-electron chi connectivity index (χ1n) is 7.46. The van der Waals surface area contributed by atoms with Crippen LogP contribution in [0.25, 0.3) is 0 Å². The van der Waals surface area contributed by atoms with Gasteiger partial charge in [-0.2, -0.15) is 0 Å². The Labute approximate surface area is 124 Å². The van der Waals surface area contributed by atoms with E-state index in [0.29, 0.717) is 16.8 Å². The van der Waals surface area contributed by atoms with Crippen molar-refractivity contribution in [2.24, 2.45) is 5.92 Å². The summed E-state index contributed by atoms with van der Waals surface area (Å²) < 4.78 is 0. The van der Waals surface area contributed by atoms with Crippen LogP contribution in [0.1, 0.15) is 68.2 Å². The molecule has 0 bridgehead atoms. The van der Waals surface area contributed by atoms with Gasteiger partial charge in [0.05, 0.1) is 5.69 Å². The molecule has 1 aromatic rings. The van der Waals surface area contributed by atoms with Crippen molar-refractivity contribution in [3.8, 4) is 0 Å². The molecule has 4 nitrogen and oxygen atoms in total. The number of aromatic carboxylic acids is 1. The third kappa shape index (κ3) is 2.82. The van der Waals surface area contributed by atoms with E-state index < -0.39 is 5.97 Å². The van der Waals surface area contributed by atoms with Gasteiger partial charge in [-0.15, -0.1) is 0 Å². The Balaban J connectivity index is 2.35. The molecule has 1 saturated heterocycles. The van der Waals surface area contributed by atoms with E-state index in [-0.39, 0.29) is 5.92 Å². The molecule has 0 saturated carbocycles. The lowest BCUT2D eigenvalue weighted by Gasteiger charge is -2.27. The highest BCUT2D eigenvalue weighted by Crippen LogP contribution is 2.36. The third-order valence-corrected chi connectivity index (χ3v) is 5.33. The highest BCUT2D eigenvalue weighted by molar-refractivity contribution is 7.17. The molecule has 1 aliphatic heterocycles. The monoisotopic (exact) mass is 296 g/mol. The third-order valence-electron chi connectivity index (χ3n) is 4.23. The summed E-state index contributed by atoms with van der Waals surface area (Å²) in [6.07, 6.45) is 3.26. The SMILES string of the molecule is CCC(C)c1nc(N2CCCC2C(C)C)sc1C(=O)O. The van der Waals surface area contributed by atoms with E-state index in [1.165, 1.54) is 24.2 Å². The predicted octanol–water partition coefficient (Wildman–Crippen LogP) is 3.98. The lowest BCUT2D eigenvalue weighted by atomic mass is 10.0. The van der Waals surface area contributed by atoms with Gasteiger partial charge in [-0.3, -0.25) is 0 Å². The maximum Gasteiger partial charge on any atom is 0.347 e. The van der Waals surface area contributed by atoms with Crippen LogP contribution in [0.2, 0.25) is 0 Å². The first kappa shape index (κ1) is 15.3. The molecule has 1 aromatic heterocycles. The fraction of sp³-hybridized carbons (Fsp3) is 0.733. The fourth-order valence-corrected chi connectivity index (χ4v) is 3.96. The van der Waals surface area contributed by atoms with Gasteiger partial charge < -0.3 is 10.0 Å². The van der Waals surface area contributed by atoms with Crippen molar-refractivity contribution >= 4 is 22.4 Å². The number of rotatable bonds is 5. The summed E-state index contributed by atoms with van der Waals surface area (Å²) in [5.41, 5.74) is 0.759. The molecule has 20 heavy (non-hydrogen) atoms. The Bertz CT molecular complexity index is 484. The second-order valence-corrected chi connectivity index (χ2v) is 6.95. The number of nitrogens with zero attached hydrogens (tertiary/aromatic N) is 2. The molecule has 0 spiro atoms. The first-order valence-corrected chi connectivity index (χ1v) is 8.28. The van der Waals surface area contributed by atoms with Crippen molar-refractivity contribution < 1.29 is 9.90 Å². The average Bonchev–Trinajstić information content (AvgIpc) is 3.03. The lowest BCUT2D eigenvalue weighted by Crippen LogP contribution is -2.33. The van der Waals surface area contributed by atoms with E-state index in [2.05, 4.69) is 37.6 Å². The molecule has 0 amide bonds. The zero-order valence-corrected chi connectivity index (χ0v) is 13.5. The van der Waals surface area contributed by atoms with Crippen LogP contribution < -0.4 is 4.90 Å². The highest BCUT2D eigenvalue weighted by atomic mass is 32.1. The Hall–Kier alpha value is -1.10. The topological polar surface area (TPSA) is 53.4 Å². The van der Waals surface area contributed by atoms with Crippen LogP contribution in [0, 0.1) is 5.92 Å². The molecule has 2 unspecified atom stereocenters. The molecule has 112 valence electrons. The second kappa shape index (κ2) is 6.12. The molecule has 1 N–H and O–H groups in total. The maximum absolute atomic E-state index is 11.4. The van der Waals surface area contributed by atoms with Gasteiger partial charge >= 0.3 is 5.97 Å². The van der Waals surface area contributed by atoms with Gasteiger partial charge in [-0.05, 0) is 31.1 Å². The summed E-state index contributed by atoms with van der Waals surface area (Å²) in [6, 6.07) is 0.493. The number of anilines is 1. The number of carboxylic acids is 1. The van der Waals surface area contributed by atoms with E-state index in [1.807, 2.05) is 0 Å². The van der Waals surface area contributed by atoms with E-state index in [0.717, 1.165) is 23.8 Å². The van der Waals surface area contributed by atoms with E-state index in [4.69, 9.17) is 0 Å². The number of hydrogen-bond donors (Lipinski definition) is 1. The first-order chi connectivity index (χ1) is 9.45. The Morgan fingerprint density at radius 1 is 1.50 bits per heavy atom.